The molecule has 4 N–H and O–H groups in total. The molecule has 0 saturated heterocycles. The number of rotatable bonds is 7. The predicted octanol–water partition coefficient (Wildman–Crippen LogP) is 5.30. The van der Waals surface area contributed by atoms with Gasteiger partial charge in [-0.25, -0.2) is 9.18 Å². The van der Waals surface area contributed by atoms with E-state index in [-0.39, 0.29) is 24.4 Å². The molecule has 9 heteroatoms. The van der Waals surface area contributed by atoms with Gasteiger partial charge in [0, 0.05) is 41.5 Å². The van der Waals surface area contributed by atoms with Crippen LogP contribution in [0.25, 0.3) is 0 Å². The number of carbonyl (C=O) groups is 2. The van der Waals surface area contributed by atoms with Gasteiger partial charge < -0.3 is 26.0 Å². The molecule has 4 rings (SSSR count). The second-order valence-electron chi connectivity index (χ2n) is 10.8. The highest BCUT2D eigenvalue weighted by molar-refractivity contribution is 6.30. The van der Waals surface area contributed by atoms with E-state index in [1.165, 1.54) is 6.07 Å². The number of nitrogens with zero attached hydrogens (tertiary/aromatic N) is 1. The van der Waals surface area contributed by atoms with Gasteiger partial charge in [0.25, 0.3) is 5.91 Å². The highest BCUT2D eigenvalue weighted by atomic mass is 35.5. The molecule has 0 spiro atoms. The Morgan fingerprint density at radius 3 is 2.56 bits per heavy atom. The van der Waals surface area contributed by atoms with Crippen molar-refractivity contribution >= 4 is 29.2 Å². The Balaban J connectivity index is 1.64. The summed E-state index contributed by atoms with van der Waals surface area (Å²) in [5.41, 5.74) is 9.23. The summed E-state index contributed by atoms with van der Waals surface area (Å²) >= 11 is 6.42. The van der Waals surface area contributed by atoms with Crippen LogP contribution in [-0.4, -0.2) is 31.1 Å². The number of nitrogens with two attached hydrogens (primary N) is 1. The lowest BCUT2D eigenvalue weighted by Crippen LogP contribution is -2.49. The van der Waals surface area contributed by atoms with Gasteiger partial charge in [0.05, 0.1) is 6.54 Å². The monoisotopic (exact) mass is 552 g/mol. The number of amides is 3. The van der Waals surface area contributed by atoms with Crippen molar-refractivity contribution in [3.8, 4) is 0 Å². The third kappa shape index (κ3) is 7.15. The zero-order valence-electron chi connectivity index (χ0n) is 22.3. The van der Waals surface area contributed by atoms with E-state index in [1.807, 2.05) is 57.2 Å². The molecule has 3 aromatic carbocycles. The van der Waals surface area contributed by atoms with Crippen molar-refractivity contribution in [3.63, 3.8) is 0 Å². The summed E-state index contributed by atoms with van der Waals surface area (Å²) in [5, 5.41) is 5.88. The normalized spacial score (nSPS) is 17.4. The Kier molecular flexibility index (Phi) is 8.90. The van der Waals surface area contributed by atoms with Crippen molar-refractivity contribution < 1.29 is 18.7 Å². The minimum Gasteiger partial charge on any atom is -0.354 e. The quantitative estimate of drug-likeness (QED) is 0.370. The second-order valence-corrected chi connectivity index (χ2v) is 11.2. The Labute approximate surface area is 233 Å². The minimum absolute atomic E-state index is 0.00652. The van der Waals surface area contributed by atoms with Crippen LogP contribution in [0, 0.1) is 11.2 Å². The molecule has 0 bridgehead atoms. The van der Waals surface area contributed by atoms with E-state index in [4.69, 9.17) is 22.1 Å². The Bertz CT molecular complexity index is 1340. The molecule has 206 valence electrons. The molecule has 1 heterocycles. The lowest BCUT2D eigenvalue weighted by atomic mass is 9.94. The lowest BCUT2D eigenvalue weighted by Gasteiger charge is -2.31. The molecule has 0 radical (unpaired) electrons. The Hall–Kier alpha value is -3.46. The van der Waals surface area contributed by atoms with Gasteiger partial charge in [0.2, 0.25) is 0 Å². The molecule has 2 atom stereocenters. The fourth-order valence-electron chi connectivity index (χ4n) is 4.55. The van der Waals surface area contributed by atoms with Gasteiger partial charge in [-0.1, -0.05) is 74.8 Å². The predicted molar refractivity (Wildman–Crippen MR) is 151 cm³/mol. The van der Waals surface area contributed by atoms with Crippen LogP contribution in [0.15, 0.2) is 66.7 Å². The third-order valence-corrected chi connectivity index (χ3v) is 6.61. The summed E-state index contributed by atoms with van der Waals surface area (Å²) < 4.78 is 20.4. The van der Waals surface area contributed by atoms with Gasteiger partial charge in [-0.3, -0.25) is 4.79 Å². The minimum atomic E-state index is -0.996. The maximum atomic E-state index is 13.9. The molecule has 2 unspecified atom stereocenters. The number of hydrogen-bond donors (Lipinski definition) is 3. The van der Waals surface area contributed by atoms with E-state index < -0.39 is 24.1 Å². The molecule has 0 saturated carbocycles. The summed E-state index contributed by atoms with van der Waals surface area (Å²) in [6.45, 7) is 6.85. The van der Waals surface area contributed by atoms with Gasteiger partial charge >= 0.3 is 6.03 Å². The van der Waals surface area contributed by atoms with Crippen LogP contribution in [0.2, 0.25) is 5.02 Å². The molecule has 3 amide bonds. The largest absolute Gasteiger partial charge is 0.354 e. The summed E-state index contributed by atoms with van der Waals surface area (Å²) in [6, 6.07) is 18.8. The number of halogens is 2. The van der Waals surface area contributed by atoms with E-state index in [2.05, 4.69) is 10.6 Å². The standard InChI is InChI=1S/C30H34ClFN4O3/c1-30(2,3)18-36-25-12-11-22(31)14-23(25)27(20-9-6-7-19(13-20)15-33)39-26(28(36)37)17-35-29(38)34-16-21-8-4-5-10-24(21)32/h4-14,26-27H,15-18,33H2,1-3H3,(H2,34,35,38). The summed E-state index contributed by atoms with van der Waals surface area (Å²) in [4.78, 5) is 28.3. The second kappa shape index (κ2) is 12.2. The molecule has 0 aliphatic carbocycles. The number of benzene rings is 3. The van der Waals surface area contributed by atoms with Gasteiger partial charge in [0.1, 0.15) is 11.9 Å². The first-order chi connectivity index (χ1) is 18.6. The van der Waals surface area contributed by atoms with Crippen LogP contribution in [0.4, 0.5) is 14.9 Å². The number of ether oxygens (including phenoxy) is 1. The number of nitrogens with one attached hydrogen (secondary N) is 2. The van der Waals surface area contributed by atoms with Gasteiger partial charge in [0.15, 0.2) is 6.10 Å². The number of fused-ring (bicyclic) bond motifs is 1. The molecule has 3 aromatic rings. The third-order valence-electron chi connectivity index (χ3n) is 6.37. The van der Waals surface area contributed by atoms with Gasteiger partial charge in [-0.2, -0.15) is 0 Å². The first kappa shape index (κ1) is 28.5. The zero-order valence-corrected chi connectivity index (χ0v) is 23.1. The topological polar surface area (TPSA) is 96.7 Å². The Morgan fingerprint density at radius 1 is 1.08 bits per heavy atom. The molecule has 7 nitrogen and oxygen atoms in total. The van der Waals surface area contributed by atoms with E-state index >= 15 is 0 Å². The first-order valence-electron chi connectivity index (χ1n) is 12.9. The van der Waals surface area contributed by atoms with E-state index in [0.29, 0.717) is 29.4 Å². The van der Waals surface area contributed by atoms with Crippen molar-refractivity contribution in [2.45, 2.75) is 46.1 Å². The van der Waals surface area contributed by atoms with Crippen molar-refractivity contribution in [1.29, 1.82) is 0 Å². The zero-order chi connectivity index (χ0) is 28.2. The van der Waals surface area contributed by atoms with Crippen molar-refractivity contribution in [2.75, 3.05) is 18.0 Å². The van der Waals surface area contributed by atoms with Crippen LogP contribution < -0.4 is 21.3 Å². The molecule has 1 aliphatic rings. The van der Waals surface area contributed by atoms with Crippen LogP contribution in [0.1, 0.15) is 49.1 Å². The number of urea groups is 1. The fraction of sp³-hybridized carbons (Fsp3) is 0.333. The van der Waals surface area contributed by atoms with E-state index in [9.17, 15) is 14.0 Å². The maximum Gasteiger partial charge on any atom is 0.315 e. The molecular formula is C30H34ClFN4O3. The van der Waals surface area contributed by atoms with E-state index in [1.54, 1.807) is 29.2 Å². The average Bonchev–Trinajstić information content (AvgIpc) is 3.00. The molecule has 0 fully saturated rings. The SMILES string of the molecule is CC(C)(C)CN1C(=O)C(CNC(=O)NCc2ccccc2F)OC(c2cccc(CN)c2)c2cc(Cl)ccc21. The maximum absolute atomic E-state index is 13.9. The van der Waals surface area contributed by atoms with Crippen LogP contribution in [-0.2, 0) is 22.6 Å². The number of anilines is 1. The van der Waals surface area contributed by atoms with Gasteiger partial charge in [-0.05, 0) is 40.8 Å². The summed E-state index contributed by atoms with van der Waals surface area (Å²) in [6.07, 6.45) is -1.63. The van der Waals surface area contributed by atoms with Crippen molar-refractivity contribution in [1.82, 2.24) is 10.6 Å². The smallest absolute Gasteiger partial charge is 0.315 e. The Morgan fingerprint density at radius 2 is 1.85 bits per heavy atom. The van der Waals surface area contributed by atoms with Gasteiger partial charge in [-0.15, -0.1) is 0 Å². The van der Waals surface area contributed by atoms with Crippen LogP contribution in [0.3, 0.4) is 0 Å². The number of carbonyl (C=O) groups excluding carboxylic acids is 2. The molecular weight excluding hydrogens is 519 g/mol. The highest BCUT2D eigenvalue weighted by Gasteiger charge is 2.38. The first-order valence-corrected chi connectivity index (χ1v) is 13.2. The fourth-order valence-corrected chi connectivity index (χ4v) is 4.73. The van der Waals surface area contributed by atoms with Crippen LogP contribution >= 0.6 is 11.6 Å². The molecule has 0 aromatic heterocycles. The van der Waals surface area contributed by atoms with Crippen molar-refractivity contribution in [2.24, 2.45) is 11.1 Å². The van der Waals surface area contributed by atoms with Crippen LogP contribution in [0.5, 0.6) is 0 Å². The summed E-state index contributed by atoms with van der Waals surface area (Å²) in [5.74, 6) is -0.683. The van der Waals surface area contributed by atoms with Crippen molar-refractivity contribution in [3.05, 3.63) is 99.8 Å². The molecule has 1 aliphatic heterocycles. The highest BCUT2D eigenvalue weighted by Crippen LogP contribution is 2.40. The molecule has 39 heavy (non-hydrogen) atoms. The summed E-state index contributed by atoms with van der Waals surface area (Å²) in [7, 11) is 0. The average molecular weight is 553 g/mol. The number of hydrogen-bond acceptors (Lipinski definition) is 4. The lowest BCUT2D eigenvalue weighted by molar-refractivity contribution is -0.131. The van der Waals surface area contributed by atoms with E-state index in [0.717, 1.165) is 16.7 Å².